The number of benzene rings is 3. The zero-order valence-corrected chi connectivity index (χ0v) is 19.3. The SMILES string of the molecule is COC(=O)[C@H](N)Cc1ccc(Oc2ccc(/C=C3/C(=O)Nc4ccccc43)cc2Cl)cc1.Cl. The van der Waals surface area contributed by atoms with Crippen LogP contribution in [0.25, 0.3) is 11.6 Å². The van der Waals surface area contributed by atoms with Crippen molar-refractivity contribution in [2.45, 2.75) is 12.5 Å². The lowest BCUT2D eigenvalue weighted by Gasteiger charge is -2.11. The number of nitrogens with two attached hydrogens (primary N) is 1. The first kappa shape index (κ1) is 24.3. The van der Waals surface area contributed by atoms with Crippen molar-refractivity contribution in [1.82, 2.24) is 0 Å². The lowest BCUT2D eigenvalue weighted by Crippen LogP contribution is -2.33. The van der Waals surface area contributed by atoms with Crippen LogP contribution >= 0.6 is 24.0 Å². The number of methoxy groups -OCH3 is 1. The smallest absolute Gasteiger partial charge is 0.322 e. The summed E-state index contributed by atoms with van der Waals surface area (Å²) in [7, 11) is 1.31. The van der Waals surface area contributed by atoms with E-state index in [1.165, 1.54) is 7.11 Å². The van der Waals surface area contributed by atoms with Gasteiger partial charge in [-0.3, -0.25) is 9.59 Å². The minimum Gasteiger partial charge on any atom is -0.468 e. The Balaban J connectivity index is 0.00000306. The summed E-state index contributed by atoms with van der Waals surface area (Å²) in [6.45, 7) is 0. The van der Waals surface area contributed by atoms with E-state index in [9.17, 15) is 9.59 Å². The molecular weight excluding hydrogens is 463 g/mol. The summed E-state index contributed by atoms with van der Waals surface area (Å²) in [6, 6.07) is 19.4. The molecule has 170 valence electrons. The van der Waals surface area contributed by atoms with E-state index in [1.54, 1.807) is 30.3 Å². The number of carbonyl (C=O) groups excluding carboxylic acids is 2. The van der Waals surface area contributed by atoms with Crippen LogP contribution in [0.4, 0.5) is 5.69 Å². The molecule has 3 N–H and O–H groups in total. The molecule has 0 aromatic heterocycles. The van der Waals surface area contributed by atoms with Crippen LogP contribution in [0, 0.1) is 0 Å². The van der Waals surface area contributed by atoms with Crippen LogP contribution in [0.1, 0.15) is 16.7 Å². The molecule has 33 heavy (non-hydrogen) atoms. The van der Waals surface area contributed by atoms with Crippen LogP contribution in [0.15, 0.2) is 66.7 Å². The Labute approximate surface area is 202 Å². The van der Waals surface area contributed by atoms with Crippen molar-refractivity contribution in [3.63, 3.8) is 0 Å². The fourth-order valence-electron chi connectivity index (χ4n) is 3.45. The topological polar surface area (TPSA) is 90.7 Å². The van der Waals surface area contributed by atoms with Gasteiger partial charge >= 0.3 is 5.97 Å². The van der Waals surface area contributed by atoms with Gasteiger partial charge in [-0.05, 0) is 54.0 Å². The molecule has 1 aliphatic rings. The van der Waals surface area contributed by atoms with Crippen molar-refractivity contribution < 1.29 is 19.1 Å². The van der Waals surface area contributed by atoms with Crippen molar-refractivity contribution in [2.24, 2.45) is 5.73 Å². The lowest BCUT2D eigenvalue weighted by atomic mass is 10.0. The third-order valence-electron chi connectivity index (χ3n) is 5.09. The largest absolute Gasteiger partial charge is 0.468 e. The highest BCUT2D eigenvalue weighted by molar-refractivity contribution is 6.35. The second-order valence-corrected chi connectivity index (χ2v) is 7.73. The maximum absolute atomic E-state index is 12.3. The molecule has 0 aliphatic carbocycles. The first-order valence-corrected chi connectivity index (χ1v) is 10.3. The molecule has 3 aromatic rings. The number of halogens is 2. The standard InChI is InChI=1S/C25H21ClN2O4.ClH/c1-31-25(30)21(27)14-15-6-9-17(10-7-15)32-23-11-8-16(13-20(23)26)12-19-18-4-2-3-5-22(18)28-24(19)29;/h2-13,21H,14,27H2,1H3,(H,28,29);1H/b19-12+;/t21-;/m1./s1. The normalized spacial score (nSPS) is 14.2. The molecule has 8 heteroatoms. The van der Waals surface area contributed by atoms with E-state index in [1.807, 2.05) is 42.5 Å². The Kier molecular flexibility index (Phi) is 7.76. The average molecular weight is 485 g/mol. The molecule has 0 spiro atoms. The van der Waals surface area contributed by atoms with Gasteiger partial charge in [0.1, 0.15) is 17.5 Å². The maximum Gasteiger partial charge on any atom is 0.322 e. The number of hydrogen-bond acceptors (Lipinski definition) is 5. The number of nitrogens with one attached hydrogen (secondary N) is 1. The van der Waals surface area contributed by atoms with E-state index >= 15 is 0 Å². The monoisotopic (exact) mass is 484 g/mol. The number of fused-ring (bicyclic) bond motifs is 1. The first-order chi connectivity index (χ1) is 15.4. The molecule has 3 aromatic carbocycles. The average Bonchev–Trinajstić information content (AvgIpc) is 3.11. The maximum atomic E-state index is 12.3. The predicted molar refractivity (Wildman–Crippen MR) is 132 cm³/mol. The zero-order valence-electron chi connectivity index (χ0n) is 17.7. The number of esters is 1. The summed E-state index contributed by atoms with van der Waals surface area (Å²) in [6.07, 6.45) is 2.17. The van der Waals surface area contributed by atoms with Gasteiger partial charge in [-0.1, -0.05) is 48.0 Å². The molecule has 1 atom stereocenters. The van der Waals surface area contributed by atoms with Crippen molar-refractivity contribution in [3.05, 3.63) is 88.4 Å². The molecule has 1 amide bonds. The Morgan fingerprint density at radius 1 is 1.12 bits per heavy atom. The number of carbonyl (C=O) groups is 2. The van der Waals surface area contributed by atoms with Gasteiger partial charge in [0.05, 0.1) is 12.1 Å². The highest BCUT2D eigenvalue weighted by Gasteiger charge is 2.23. The number of amides is 1. The highest BCUT2D eigenvalue weighted by Crippen LogP contribution is 2.35. The van der Waals surface area contributed by atoms with Gasteiger partial charge in [-0.2, -0.15) is 0 Å². The van der Waals surface area contributed by atoms with Crippen LogP contribution in [-0.2, 0) is 20.7 Å². The van der Waals surface area contributed by atoms with E-state index in [2.05, 4.69) is 10.1 Å². The fourth-order valence-corrected chi connectivity index (χ4v) is 3.68. The minimum atomic E-state index is -0.711. The van der Waals surface area contributed by atoms with E-state index in [-0.39, 0.29) is 18.3 Å². The summed E-state index contributed by atoms with van der Waals surface area (Å²) in [5.41, 5.74) is 9.72. The van der Waals surface area contributed by atoms with Crippen molar-refractivity contribution in [3.8, 4) is 11.5 Å². The Morgan fingerprint density at radius 3 is 2.55 bits per heavy atom. The summed E-state index contributed by atoms with van der Waals surface area (Å²) < 4.78 is 10.5. The number of rotatable bonds is 6. The highest BCUT2D eigenvalue weighted by atomic mass is 35.5. The van der Waals surface area contributed by atoms with Gasteiger partial charge in [0, 0.05) is 16.8 Å². The van der Waals surface area contributed by atoms with E-state index in [0.717, 1.165) is 22.4 Å². The van der Waals surface area contributed by atoms with Crippen molar-refractivity contribution in [2.75, 3.05) is 12.4 Å². The van der Waals surface area contributed by atoms with Crippen LogP contribution in [0.2, 0.25) is 5.02 Å². The molecule has 1 aliphatic heterocycles. The summed E-state index contributed by atoms with van der Waals surface area (Å²) in [5, 5.41) is 3.27. The second kappa shape index (κ2) is 10.5. The molecule has 0 saturated carbocycles. The van der Waals surface area contributed by atoms with Gasteiger partial charge in [0.15, 0.2) is 0 Å². The fraction of sp³-hybridized carbons (Fsp3) is 0.120. The molecule has 0 unspecified atom stereocenters. The molecule has 6 nitrogen and oxygen atoms in total. The Morgan fingerprint density at radius 2 is 1.85 bits per heavy atom. The van der Waals surface area contributed by atoms with Gasteiger partial charge in [0.2, 0.25) is 0 Å². The molecular formula is C25H22Cl2N2O4. The van der Waals surface area contributed by atoms with E-state index < -0.39 is 12.0 Å². The van der Waals surface area contributed by atoms with Crippen molar-refractivity contribution in [1.29, 1.82) is 0 Å². The van der Waals surface area contributed by atoms with Crippen LogP contribution in [0.5, 0.6) is 11.5 Å². The van der Waals surface area contributed by atoms with E-state index in [0.29, 0.717) is 28.5 Å². The minimum absolute atomic E-state index is 0. The van der Waals surface area contributed by atoms with Gasteiger partial charge in [-0.15, -0.1) is 12.4 Å². The lowest BCUT2D eigenvalue weighted by molar-refractivity contribution is -0.142. The second-order valence-electron chi connectivity index (χ2n) is 7.33. The number of para-hydroxylation sites is 1. The van der Waals surface area contributed by atoms with Gasteiger partial charge in [-0.25, -0.2) is 0 Å². The quantitative estimate of drug-likeness (QED) is 0.375. The molecule has 0 bridgehead atoms. The molecule has 1 heterocycles. The van der Waals surface area contributed by atoms with Crippen LogP contribution in [-0.4, -0.2) is 25.0 Å². The van der Waals surface area contributed by atoms with Crippen LogP contribution in [0.3, 0.4) is 0 Å². The number of anilines is 1. The summed E-state index contributed by atoms with van der Waals surface area (Å²) in [4.78, 5) is 23.8. The van der Waals surface area contributed by atoms with Crippen LogP contribution < -0.4 is 15.8 Å². The number of hydrogen-bond donors (Lipinski definition) is 2. The van der Waals surface area contributed by atoms with Gasteiger partial charge < -0.3 is 20.5 Å². The summed E-state index contributed by atoms with van der Waals surface area (Å²) >= 11 is 6.43. The van der Waals surface area contributed by atoms with Gasteiger partial charge in [0.25, 0.3) is 5.91 Å². The first-order valence-electron chi connectivity index (χ1n) is 9.97. The molecule has 0 saturated heterocycles. The van der Waals surface area contributed by atoms with E-state index in [4.69, 9.17) is 22.1 Å². The molecule has 0 radical (unpaired) electrons. The molecule has 0 fully saturated rings. The molecule has 4 rings (SSSR count). The third-order valence-corrected chi connectivity index (χ3v) is 5.38. The number of ether oxygens (including phenoxy) is 2. The zero-order chi connectivity index (χ0) is 22.7. The van der Waals surface area contributed by atoms with Crippen molar-refractivity contribution >= 4 is 53.2 Å². The summed E-state index contributed by atoms with van der Waals surface area (Å²) in [5.74, 6) is 0.488. The Bertz CT molecular complexity index is 1210. The third kappa shape index (κ3) is 5.54. The Hall–Kier alpha value is -3.32. The predicted octanol–water partition coefficient (Wildman–Crippen LogP) is 5.09.